The van der Waals surface area contributed by atoms with E-state index in [0.29, 0.717) is 9.21 Å². The van der Waals surface area contributed by atoms with Crippen LogP contribution in [0.25, 0.3) is 0 Å². The summed E-state index contributed by atoms with van der Waals surface area (Å²) in [6.07, 6.45) is 1.43. The summed E-state index contributed by atoms with van der Waals surface area (Å²) in [6, 6.07) is 3.59. The van der Waals surface area contributed by atoms with E-state index in [2.05, 4.69) is 47.1 Å². The first-order chi connectivity index (χ1) is 8.95. The molecule has 0 saturated carbocycles. The zero-order chi connectivity index (χ0) is 14.0. The molecule has 1 amide bonds. The van der Waals surface area contributed by atoms with Crippen molar-refractivity contribution in [1.29, 1.82) is 0 Å². The van der Waals surface area contributed by atoms with E-state index in [1.807, 2.05) is 0 Å². The van der Waals surface area contributed by atoms with E-state index in [0.717, 1.165) is 6.07 Å². The van der Waals surface area contributed by atoms with Crippen molar-refractivity contribution in [3.8, 4) is 11.5 Å². The summed E-state index contributed by atoms with van der Waals surface area (Å²) in [5.74, 6) is -0.697. The van der Waals surface area contributed by atoms with Crippen molar-refractivity contribution in [3.05, 3.63) is 39.2 Å². The number of benzene rings is 1. The Balaban J connectivity index is 2.25. The molecule has 0 aliphatic carbocycles. The highest BCUT2D eigenvalue weighted by molar-refractivity contribution is 9.11. The Hall–Kier alpha value is -1.67. The molecule has 0 saturated heterocycles. The van der Waals surface area contributed by atoms with Crippen LogP contribution in [0.4, 0.5) is 5.82 Å². The Morgan fingerprint density at radius 3 is 2.37 bits per heavy atom. The predicted octanol–water partition coefficient (Wildman–Crippen LogP) is 2.67. The second kappa shape index (κ2) is 5.54. The lowest BCUT2D eigenvalue weighted by Crippen LogP contribution is -2.13. The Kier molecular flexibility index (Phi) is 4.01. The number of phenols is 2. The van der Waals surface area contributed by atoms with E-state index in [1.165, 1.54) is 18.3 Å². The lowest BCUT2D eigenvalue weighted by molar-refractivity contribution is 0.102. The normalized spacial score (nSPS) is 10.2. The molecule has 0 fully saturated rings. The molecule has 2 rings (SSSR count). The molecule has 0 radical (unpaired) electrons. The van der Waals surface area contributed by atoms with Crippen molar-refractivity contribution < 1.29 is 15.0 Å². The molecule has 1 aromatic heterocycles. The Morgan fingerprint density at radius 1 is 1.16 bits per heavy atom. The summed E-state index contributed by atoms with van der Waals surface area (Å²) in [5, 5.41) is 21.1. The number of amides is 1. The molecule has 19 heavy (non-hydrogen) atoms. The lowest BCUT2D eigenvalue weighted by atomic mass is 10.2. The van der Waals surface area contributed by atoms with E-state index >= 15 is 0 Å². The summed E-state index contributed by atoms with van der Waals surface area (Å²) < 4.78 is 0.881. The van der Waals surface area contributed by atoms with Crippen LogP contribution in [-0.2, 0) is 0 Å². The number of hydrogen-bond donors (Lipinski definition) is 3. The average Bonchev–Trinajstić information content (AvgIpc) is 2.31. The van der Waals surface area contributed by atoms with Gasteiger partial charge in [-0.15, -0.1) is 0 Å². The standard InChI is InChI=1S/C11H7Br2N3O3/c12-8-4-14-10(9(13)15-8)16-11(19)5-1-6(17)3-7(18)2-5/h1-4,17-18H,(H,14,16,19). The number of hydrogen-bond acceptors (Lipinski definition) is 5. The summed E-state index contributed by atoms with van der Waals surface area (Å²) in [4.78, 5) is 19.9. The van der Waals surface area contributed by atoms with Crippen LogP contribution in [0, 0.1) is 0 Å². The minimum atomic E-state index is -0.525. The van der Waals surface area contributed by atoms with Crippen molar-refractivity contribution in [1.82, 2.24) is 9.97 Å². The predicted molar refractivity (Wildman–Crippen MR) is 75.2 cm³/mol. The third kappa shape index (κ3) is 3.42. The van der Waals surface area contributed by atoms with Gasteiger partial charge in [-0.05, 0) is 44.0 Å². The van der Waals surface area contributed by atoms with Crippen LogP contribution in [0.3, 0.4) is 0 Å². The van der Waals surface area contributed by atoms with Gasteiger partial charge < -0.3 is 15.5 Å². The summed E-state index contributed by atoms with van der Waals surface area (Å²) in [5.41, 5.74) is 0.106. The third-order valence-electron chi connectivity index (χ3n) is 2.10. The largest absolute Gasteiger partial charge is 0.508 e. The third-order valence-corrected chi connectivity index (χ3v) is 3.03. The van der Waals surface area contributed by atoms with Crippen molar-refractivity contribution >= 4 is 43.6 Å². The zero-order valence-corrected chi connectivity index (χ0v) is 12.4. The van der Waals surface area contributed by atoms with Crippen LogP contribution >= 0.6 is 31.9 Å². The molecule has 1 heterocycles. The highest BCUT2D eigenvalue weighted by atomic mass is 79.9. The first-order valence-corrected chi connectivity index (χ1v) is 6.57. The fraction of sp³-hybridized carbons (Fsp3) is 0. The van der Waals surface area contributed by atoms with E-state index < -0.39 is 5.91 Å². The van der Waals surface area contributed by atoms with Gasteiger partial charge in [-0.3, -0.25) is 4.79 Å². The molecule has 0 spiro atoms. The Bertz CT molecular complexity index is 629. The van der Waals surface area contributed by atoms with Crippen LogP contribution in [0.15, 0.2) is 33.6 Å². The van der Waals surface area contributed by atoms with Gasteiger partial charge in [0.2, 0.25) is 0 Å². The van der Waals surface area contributed by atoms with Crippen molar-refractivity contribution in [3.63, 3.8) is 0 Å². The molecular formula is C11H7Br2N3O3. The number of aromatic hydroxyl groups is 2. The maximum absolute atomic E-state index is 11.9. The topological polar surface area (TPSA) is 95.3 Å². The first-order valence-electron chi connectivity index (χ1n) is 4.98. The number of phenolic OH excluding ortho intramolecular Hbond substituents is 2. The molecule has 0 aliphatic heterocycles. The molecule has 0 atom stereocenters. The average molecular weight is 389 g/mol. The van der Waals surface area contributed by atoms with Crippen LogP contribution in [0.2, 0.25) is 0 Å². The van der Waals surface area contributed by atoms with Gasteiger partial charge in [-0.1, -0.05) is 0 Å². The smallest absolute Gasteiger partial charge is 0.257 e. The fourth-order valence-electron chi connectivity index (χ4n) is 1.34. The molecule has 0 aliphatic rings. The number of halogens is 2. The van der Waals surface area contributed by atoms with Gasteiger partial charge in [0.15, 0.2) is 5.82 Å². The zero-order valence-electron chi connectivity index (χ0n) is 9.26. The quantitative estimate of drug-likeness (QED) is 0.735. The maximum atomic E-state index is 11.9. The van der Waals surface area contributed by atoms with E-state index in [4.69, 9.17) is 0 Å². The maximum Gasteiger partial charge on any atom is 0.257 e. The lowest BCUT2D eigenvalue weighted by Gasteiger charge is -2.06. The second-order valence-electron chi connectivity index (χ2n) is 3.52. The summed E-state index contributed by atoms with van der Waals surface area (Å²) >= 11 is 6.30. The van der Waals surface area contributed by atoms with Crippen LogP contribution in [-0.4, -0.2) is 26.1 Å². The van der Waals surface area contributed by atoms with Crippen molar-refractivity contribution in [2.24, 2.45) is 0 Å². The molecule has 8 heteroatoms. The minimum absolute atomic E-state index is 0.106. The summed E-state index contributed by atoms with van der Waals surface area (Å²) in [7, 11) is 0. The Labute approximate surface area is 124 Å². The molecule has 0 unspecified atom stereocenters. The monoisotopic (exact) mass is 387 g/mol. The van der Waals surface area contributed by atoms with E-state index in [1.54, 1.807) is 0 Å². The number of carbonyl (C=O) groups excluding carboxylic acids is 1. The van der Waals surface area contributed by atoms with Crippen LogP contribution in [0.5, 0.6) is 11.5 Å². The highest BCUT2D eigenvalue weighted by Crippen LogP contribution is 2.23. The first kappa shape index (κ1) is 13.8. The molecule has 2 aromatic rings. The van der Waals surface area contributed by atoms with E-state index in [-0.39, 0.29) is 22.9 Å². The number of rotatable bonds is 2. The van der Waals surface area contributed by atoms with Crippen molar-refractivity contribution in [2.45, 2.75) is 0 Å². The Morgan fingerprint density at radius 2 is 1.79 bits per heavy atom. The van der Waals surface area contributed by atoms with Crippen molar-refractivity contribution in [2.75, 3.05) is 5.32 Å². The van der Waals surface area contributed by atoms with Gasteiger partial charge in [0.1, 0.15) is 20.7 Å². The molecule has 1 aromatic carbocycles. The van der Waals surface area contributed by atoms with Gasteiger partial charge in [0, 0.05) is 11.6 Å². The fourth-order valence-corrected chi connectivity index (χ4v) is 2.25. The van der Waals surface area contributed by atoms with Gasteiger partial charge in [0.05, 0.1) is 6.20 Å². The number of carbonyl (C=O) groups is 1. The van der Waals surface area contributed by atoms with Gasteiger partial charge in [0.25, 0.3) is 5.91 Å². The molecule has 6 nitrogen and oxygen atoms in total. The van der Waals surface area contributed by atoms with Crippen LogP contribution in [0.1, 0.15) is 10.4 Å². The number of aromatic nitrogens is 2. The number of anilines is 1. The molecule has 3 N–H and O–H groups in total. The molecule has 98 valence electrons. The number of nitrogens with zero attached hydrogens (tertiary/aromatic N) is 2. The molecule has 0 bridgehead atoms. The second-order valence-corrected chi connectivity index (χ2v) is 5.09. The van der Waals surface area contributed by atoms with Gasteiger partial charge in [-0.2, -0.15) is 0 Å². The SMILES string of the molecule is O=C(Nc1ncc(Br)nc1Br)c1cc(O)cc(O)c1. The highest BCUT2D eigenvalue weighted by Gasteiger charge is 2.12. The number of nitrogens with one attached hydrogen (secondary N) is 1. The van der Waals surface area contributed by atoms with Gasteiger partial charge in [-0.25, -0.2) is 9.97 Å². The van der Waals surface area contributed by atoms with Crippen LogP contribution < -0.4 is 5.32 Å². The van der Waals surface area contributed by atoms with E-state index in [9.17, 15) is 15.0 Å². The minimum Gasteiger partial charge on any atom is -0.508 e. The van der Waals surface area contributed by atoms with Gasteiger partial charge >= 0.3 is 0 Å². The summed E-state index contributed by atoms with van der Waals surface area (Å²) in [6.45, 7) is 0. The molecular weight excluding hydrogens is 382 g/mol.